The third kappa shape index (κ3) is 3.95. The Balaban J connectivity index is 1.92. The second kappa shape index (κ2) is 7.60. The van der Waals surface area contributed by atoms with Gasteiger partial charge in [0.05, 0.1) is 22.8 Å². The largest absolute Gasteiger partial charge is 0.496 e. The van der Waals surface area contributed by atoms with Gasteiger partial charge in [-0.1, -0.05) is 6.07 Å². The average Bonchev–Trinajstić information content (AvgIpc) is 3.10. The lowest BCUT2D eigenvalue weighted by atomic mass is 10.1. The minimum atomic E-state index is -0.290. The molecule has 0 unspecified atom stereocenters. The molecule has 1 aromatic heterocycles. The lowest BCUT2D eigenvalue weighted by Crippen LogP contribution is -1.86. The van der Waals surface area contributed by atoms with Crippen molar-refractivity contribution in [2.75, 3.05) is 7.11 Å². The predicted molar refractivity (Wildman–Crippen MR) is 102 cm³/mol. The number of halogens is 2. The van der Waals surface area contributed by atoms with Gasteiger partial charge in [-0.3, -0.25) is 0 Å². The summed E-state index contributed by atoms with van der Waals surface area (Å²) in [7, 11) is 1.60. The van der Waals surface area contributed by atoms with Crippen molar-refractivity contribution in [2.24, 2.45) is 0 Å². The van der Waals surface area contributed by atoms with Crippen LogP contribution in [0.5, 0.6) is 5.75 Å². The molecule has 0 bridgehead atoms. The molecule has 1 heterocycles. The van der Waals surface area contributed by atoms with Crippen LogP contribution < -0.4 is 4.74 Å². The van der Waals surface area contributed by atoms with E-state index in [4.69, 9.17) is 4.74 Å². The molecule has 0 saturated carbocycles. The molecule has 0 N–H and O–H groups in total. The molecular formula is C19H12BrFN2OS. The smallest absolute Gasteiger partial charge is 0.134 e. The van der Waals surface area contributed by atoms with E-state index in [1.54, 1.807) is 25.3 Å². The van der Waals surface area contributed by atoms with Crippen LogP contribution in [0.3, 0.4) is 0 Å². The first-order valence-corrected chi connectivity index (χ1v) is 8.95. The highest BCUT2D eigenvalue weighted by Crippen LogP contribution is 2.30. The summed E-state index contributed by atoms with van der Waals surface area (Å²) in [5.74, 6) is 0.436. The predicted octanol–water partition coefficient (Wildman–Crippen LogP) is 5.78. The van der Waals surface area contributed by atoms with Crippen LogP contribution in [0.4, 0.5) is 4.39 Å². The van der Waals surface area contributed by atoms with Gasteiger partial charge in [-0.05, 0) is 64.0 Å². The van der Waals surface area contributed by atoms with Crippen LogP contribution in [0.25, 0.3) is 22.9 Å². The Morgan fingerprint density at radius 1 is 1.28 bits per heavy atom. The highest BCUT2D eigenvalue weighted by Gasteiger charge is 2.10. The normalized spacial score (nSPS) is 11.2. The summed E-state index contributed by atoms with van der Waals surface area (Å²) < 4.78 is 19.1. The number of thiazole rings is 1. The second-order valence-corrected chi connectivity index (χ2v) is 6.82. The molecule has 0 spiro atoms. The number of nitrogens with zero attached hydrogens (tertiary/aromatic N) is 2. The summed E-state index contributed by atoms with van der Waals surface area (Å²) >= 11 is 4.82. The minimum absolute atomic E-state index is 0.290. The fourth-order valence-electron chi connectivity index (χ4n) is 2.23. The van der Waals surface area contributed by atoms with Gasteiger partial charge in [0.2, 0.25) is 0 Å². The van der Waals surface area contributed by atoms with Gasteiger partial charge >= 0.3 is 0 Å². The van der Waals surface area contributed by atoms with Crippen LogP contribution in [0.2, 0.25) is 0 Å². The standard InChI is InChI=1S/C19H12BrFN2OS/c1-24-18-7-2-12(9-16(18)20)8-14(10-22)19-23-17(11-25-19)13-3-5-15(21)6-4-13/h2-9,11H,1H3/b14-8+. The van der Waals surface area contributed by atoms with Crippen LogP contribution >= 0.6 is 27.3 Å². The first-order chi connectivity index (χ1) is 12.1. The van der Waals surface area contributed by atoms with Crippen LogP contribution in [0.1, 0.15) is 10.6 Å². The highest BCUT2D eigenvalue weighted by molar-refractivity contribution is 9.10. The molecule has 3 aromatic rings. The van der Waals surface area contributed by atoms with Crippen molar-refractivity contribution in [1.29, 1.82) is 5.26 Å². The summed E-state index contributed by atoms with van der Waals surface area (Å²) in [5, 5.41) is 12.0. The van der Waals surface area contributed by atoms with E-state index in [0.29, 0.717) is 10.6 Å². The molecule has 0 atom stereocenters. The van der Waals surface area contributed by atoms with E-state index in [9.17, 15) is 9.65 Å². The summed E-state index contributed by atoms with van der Waals surface area (Å²) in [6, 6.07) is 13.9. The number of methoxy groups -OCH3 is 1. The molecule has 0 aliphatic carbocycles. The van der Waals surface area contributed by atoms with E-state index in [2.05, 4.69) is 27.0 Å². The zero-order valence-corrected chi connectivity index (χ0v) is 15.6. The Hall–Kier alpha value is -2.49. The number of ether oxygens (including phenoxy) is 1. The second-order valence-electron chi connectivity index (χ2n) is 5.11. The van der Waals surface area contributed by atoms with Gasteiger partial charge in [-0.15, -0.1) is 11.3 Å². The van der Waals surface area contributed by atoms with Crippen molar-refractivity contribution in [3.05, 3.63) is 68.7 Å². The van der Waals surface area contributed by atoms with Crippen LogP contribution in [0, 0.1) is 17.1 Å². The Kier molecular flexibility index (Phi) is 5.27. The number of rotatable bonds is 4. The third-order valence-electron chi connectivity index (χ3n) is 3.48. The van der Waals surface area contributed by atoms with Gasteiger partial charge in [0.1, 0.15) is 22.6 Å². The molecule has 0 radical (unpaired) electrons. The Bertz CT molecular complexity index is 974. The maximum absolute atomic E-state index is 13.0. The fourth-order valence-corrected chi connectivity index (χ4v) is 3.58. The highest BCUT2D eigenvalue weighted by atomic mass is 79.9. The maximum atomic E-state index is 13.0. The molecule has 25 heavy (non-hydrogen) atoms. The summed E-state index contributed by atoms with van der Waals surface area (Å²) in [4.78, 5) is 4.50. The Morgan fingerprint density at radius 3 is 2.68 bits per heavy atom. The van der Waals surface area contributed by atoms with E-state index in [-0.39, 0.29) is 5.82 Å². The van der Waals surface area contributed by atoms with Crippen molar-refractivity contribution < 1.29 is 9.13 Å². The van der Waals surface area contributed by atoms with E-state index in [1.165, 1.54) is 23.5 Å². The summed E-state index contributed by atoms with van der Waals surface area (Å²) in [6.45, 7) is 0. The molecular weight excluding hydrogens is 403 g/mol. The maximum Gasteiger partial charge on any atom is 0.134 e. The fraction of sp³-hybridized carbons (Fsp3) is 0.0526. The van der Waals surface area contributed by atoms with Crippen LogP contribution in [0.15, 0.2) is 52.3 Å². The topological polar surface area (TPSA) is 45.9 Å². The van der Waals surface area contributed by atoms with Crippen LogP contribution in [-0.2, 0) is 0 Å². The molecule has 2 aromatic carbocycles. The zero-order chi connectivity index (χ0) is 17.8. The minimum Gasteiger partial charge on any atom is -0.496 e. The zero-order valence-electron chi connectivity index (χ0n) is 13.2. The number of benzene rings is 2. The molecule has 3 nitrogen and oxygen atoms in total. The van der Waals surface area contributed by atoms with Crippen molar-refractivity contribution >= 4 is 38.9 Å². The third-order valence-corrected chi connectivity index (χ3v) is 4.98. The monoisotopic (exact) mass is 414 g/mol. The average molecular weight is 415 g/mol. The van der Waals surface area contributed by atoms with Gasteiger partial charge < -0.3 is 4.74 Å². The van der Waals surface area contributed by atoms with E-state index >= 15 is 0 Å². The molecule has 6 heteroatoms. The van der Waals surface area contributed by atoms with Crippen molar-refractivity contribution in [2.45, 2.75) is 0 Å². The molecule has 3 rings (SSSR count). The van der Waals surface area contributed by atoms with E-state index in [1.807, 2.05) is 23.6 Å². The van der Waals surface area contributed by atoms with Crippen molar-refractivity contribution in [3.63, 3.8) is 0 Å². The first-order valence-electron chi connectivity index (χ1n) is 7.28. The van der Waals surface area contributed by atoms with Gasteiger partial charge in [0.15, 0.2) is 0 Å². The molecule has 0 saturated heterocycles. The van der Waals surface area contributed by atoms with Gasteiger partial charge in [0.25, 0.3) is 0 Å². The molecule has 0 aliphatic rings. The number of hydrogen-bond acceptors (Lipinski definition) is 4. The lowest BCUT2D eigenvalue weighted by Gasteiger charge is -2.03. The number of allylic oxidation sites excluding steroid dienone is 1. The Labute approximate surface area is 157 Å². The first kappa shape index (κ1) is 17.3. The summed E-state index contributed by atoms with van der Waals surface area (Å²) in [6.07, 6.45) is 1.78. The quantitative estimate of drug-likeness (QED) is 0.507. The lowest BCUT2D eigenvalue weighted by molar-refractivity contribution is 0.412. The molecule has 0 fully saturated rings. The van der Waals surface area contributed by atoms with Gasteiger partial charge in [-0.25, -0.2) is 9.37 Å². The number of nitriles is 1. The van der Waals surface area contributed by atoms with Crippen molar-refractivity contribution in [3.8, 4) is 23.1 Å². The van der Waals surface area contributed by atoms with Crippen LogP contribution in [-0.4, -0.2) is 12.1 Å². The SMILES string of the molecule is COc1ccc(/C=C(\C#N)c2nc(-c3ccc(F)cc3)cs2)cc1Br. The number of aromatic nitrogens is 1. The molecule has 124 valence electrons. The van der Waals surface area contributed by atoms with E-state index < -0.39 is 0 Å². The van der Waals surface area contributed by atoms with E-state index in [0.717, 1.165) is 27.0 Å². The number of hydrogen-bond donors (Lipinski definition) is 0. The molecule has 0 aliphatic heterocycles. The summed E-state index contributed by atoms with van der Waals surface area (Å²) in [5.41, 5.74) is 2.86. The molecule has 0 amide bonds. The van der Waals surface area contributed by atoms with Crippen molar-refractivity contribution in [1.82, 2.24) is 4.98 Å². The Morgan fingerprint density at radius 2 is 2.04 bits per heavy atom. The van der Waals surface area contributed by atoms with Gasteiger partial charge in [-0.2, -0.15) is 5.26 Å². The van der Waals surface area contributed by atoms with Gasteiger partial charge in [0, 0.05) is 10.9 Å².